The third kappa shape index (κ3) is 2.57. The maximum Gasteiger partial charge on any atom is 0.141 e. The number of benzene rings is 1. The van der Waals surface area contributed by atoms with Gasteiger partial charge >= 0.3 is 0 Å². The second kappa shape index (κ2) is 5.63. The highest BCUT2D eigenvalue weighted by molar-refractivity contribution is 5.89. The van der Waals surface area contributed by atoms with E-state index in [4.69, 9.17) is 14.9 Å². The number of anilines is 2. The van der Waals surface area contributed by atoms with Crippen molar-refractivity contribution in [3.8, 4) is 5.75 Å². The standard InChI is InChI=1S/C15H15N3O2/c16-6-9-19-12-3-1-2-11(10-12)18-15-13-5-8-20-14(13)4-7-17-15/h1-5,7-8,10H,6,9,16H2,(H,17,18). The van der Waals surface area contributed by atoms with Crippen LogP contribution < -0.4 is 15.8 Å². The van der Waals surface area contributed by atoms with Crippen molar-refractivity contribution in [2.75, 3.05) is 18.5 Å². The highest BCUT2D eigenvalue weighted by atomic mass is 16.5. The minimum absolute atomic E-state index is 0.494. The van der Waals surface area contributed by atoms with E-state index in [1.54, 1.807) is 12.5 Å². The zero-order chi connectivity index (χ0) is 13.8. The van der Waals surface area contributed by atoms with Crippen molar-refractivity contribution in [3.63, 3.8) is 0 Å². The first kappa shape index (κ1) is 12.5. The SMILES string of the molecule is NCCOc1cccc(Nc2nccc3occc23)c1. The van der Waals surface area contributed by atoms with E-state index in [1.807, 2.05) is 36.4 Å². The molecule has 0 atom stereocenters. The molecule has 0 aliphatic carbocycles. The molecule has 3 aromatic rings. The van der Waals surface area contributed by atoms with Gasteiger partial charge in [0.1, 0.15) is 23.8 Å². The maximum atomic E-state index is 5.50. The number of ether oxygens (including phenoxy) is 1. The van der Waals surface area contributed by atoms with Crippen LogP contribution in [-0.4, -0.2) is 18.1 Å². The van der Waals surface area contributed by atoms with Crippen molar-refractivity contribution in [1.82, 2.24) is 4.98 Å². The molecular formula is C15H15N3O2. The third-order valence-corrected chi connectivity index (χ3v) is 2.86. The zero-order valence-electron chi connectivity index (χ0n) is 10.9. The van der Waals surface area contributed by atoms with E-state index in [1.165, 1.54) is 0 Å². The number of hydrogen-bond acceptors (Lipinski definition) is 5. The van der Waals surface area contributed by atoms with Crippen molar-refractivity contribution in [3.05, 3.63) is 48.9 Å². The van der Waals surface area contributed by atoms with Crippen molar-refractivity contribution >= 4 is 22.5 Å². The molecule has 102 valence electrons. The molecule has 0 radical (unpaired) electrons. The average Bonchev–Trinajstić information content (AvgIpc) is 2.95. The van der Waals surface area contributed by atoms with Gasteiger partial charge in [-0.3, -0.25) is 0 Å². The van der Waals surface area contributed by atoms with E-state index >= 15 is 0 Å². The Kier molecular flexibility index (Phi) is 3.52. The second-order valence-corrected chi connectivity index (χ2v) is 4.28. The van der Waals surface area contributed by atoms with Crippen molar-refractivity contribution < 1.29 is 9.15 Å². The first-order chi connectivity index (χ1) is 9.86. The minimum atomic E-state index is 0.494. The smallest absolute Gasteiger partial charge is 0.141 e. The molecule has 20 heavy (non-hydrogen) atoms. The van der Waals surface area contributed by atoms with Gasteiger partial charge in [0.15, 0.2) is 0 Å². The Balaban J connectivity index is 1.85. The Hall–Kier alpha value is -2.53. The summed E-state index contributed by atoms with van der Waals surface area (Å²) in [6.45, 7) is 0.993. The van der Waals surface area contributed by atoms with Crippen LogP contribution in [0.4, 0.5) is 11.5 Å². The molecule has 5 heteroatoms. The number of aromatic nitrogens is 1. The maximum absolute atomic E-state index is 5.50. The lowest BCUT2D eigenvalue weighted by Crippen LogP contribution is -2.10. The Labute approximate surface area is 116 Å². The van der Waals surface area contributed by atoms with Gasteiger partial charge in [-0.1, -0.05) is 6.07 Å². The molecule has 0 aliphatic rings. The molecule has 5 nitrogen and oxygen atoms in total. The molecule has 0 aliphatic heterocycles. The van der Waals surface area contributed by atoms with Gasteiger partial charge in [-0.05, 0) is 24.3 Å². The zero-order valence-corrected chi connectivity index (χ0v) is 10.9. The molecule has 3 N–H and O–H groups in total. The summed E-state index contributed by atoms with van der Waals surface area (Å²) in [5, 5.41) is 4.21. The van der Waals surface area contributed by atoms with Gasteiger partial charge in [0.05, 0.1) is 11.6 Å². The van der Waals surface area contributed by atoms with E-state index < -0.39 is 0 Å². The number of nitrogens with zero attached hydrogens (tertiary/aromatic N) is 1. The molecule has 0 bridgehead atoms. The third-order valence-electron chi connectivity index (χ3n) is 2.86. The summed E-state index contributed by atoms with van der Waals surface area (Å²) in [7, 11) is 0. The fourth-order valence-corrected chi connectivity index (χ4v) is 1.97. The van der Waals surface area contributed by atoms with Crippen LogP contribution in [0.15, 0.2) is 53.3 Å². The van der Waals surface area contributed by atoms with E-state index in [0.29, 0.717) is 13.2 Å². The number of fused-ring (bicyclic) bond motifs is 1. The first-order valence-electron chi connectivity index (χ1n) is 6.39. The van der Waals surface area contributed by atoms with E-state index in [-0.39, 0.29) is 0 Å². The summed E-state index contributed by atoms with van der Waals surface area (Å²) in [5.74, 6) is 1.53. The Morgan fingerprint density at radius 3 is 3.10 bits per heavy atom. The lowest BCUT2D eigenvalue weighted by atomic mass is 10.2. The molecule has 0 spiro atoms. The molecule has 0 amide bonds. The van der Waals surface area contributed by atoms with Crippen molar-refractivity contribution in [2.24, 2.45) is 5.73 Å². The molecule has 2 aromatic heterocycles. The van der Waals surface area contributed by atoms with Crippen LogP contribution >= 0.6 is 0 Å². The Morgan fingerprint density at radius 1 is 1.25 bits per heavy atom. The highest BCUT2D eigenvalue weighted by Gasteiger charge is 2.05. The van der Waals surface area contributed by atoms with Gasteiger partial charge < -0.3 is 20.2 Å². The average molecular weight is 269 g/mol. The topological polar surface area (TPSA) is 73.3 Å². The van der Waals surface area contributed by atoms with Crippen molar-refractivity contribution in [2.45, 2.75) is 0 Å². The van der Waals surface area contributed by atoms with Gasteiger partial charge in [0.25, 0.3) is 0 Å². The van der Waals surface area contributed by atoms with Crippen LogP contribution in [-0.2, 0) is 0 Å². The fraction of sp³-hybridized carbons (Fsp3) is 0.133. The molecule has 1 aromatic carbocycles. The molecule has 2 heterocycles. The number of nitrogens with two attached hydrogens (primary N) is 1. The van der Waals surface area contributed by atoms with Crippen LogP contribution in [0.25, 0.3) is 11.0 Å². The lowest BCUT2D eigenvalue weighted by molar-refractivity contribution is 0.328. The number of pyridine rings is 1. The number of rotatable bonds is 5. The second-order valence-electron chi connectivity index (χ2n) is 4.28. The molecule has 0 saturated heterocycles. The number of hydrogen-bond donors (Lipinski definition) is 2. The first-order valence-corrected chi connectivity index (χ1v) is 6.39. The highest BCUT2D eigenvalue weighted by Crippen LogP contribution is 2.26. The van der Waals surface area contributed by atoms with Gasteiger partial charge in [-0.2, -0.15) is 0 Å². The largest absolute Gasteiger partial charge is 0.492 e. The van der Waals surface area contributed by atoms with Crippen LogP contribution in [0.5, 0.6) is 5.75 Å². The van der Waals surface area contributed by atoms with Crippen LogP contribution in [0.3, 0.4) is 0 Å². The van der Waals surface area contributed by atoms with Crippen molar-refractivity contribution in [1.29, 1.82) is 0 Å². The number of furan rings is 1. The monoisotopic (exact) mass is 269 g/mol. The Morgan fingerprint density at radius 2 is 2.20 bits per heavy atom. The van der Waals surface area contributed by atoms with E-state index in [2.05, 4.69) is 10.3 Å². The minimum Gasteiger partial charge on any atom is -0.492 e. The fourth-order valence-electron chi connectivity index (χ4n) is 1.97. The molecule has 0 fully saturated rings. The lowest BCUT2D eigenvalue weighted by Gasteiger charge is -2.09. The summed E-state index contributed by atoms with van der Waals surface area (Å²) < 4.78 is 10.9. The van der Waals surface area contributed by atoms with Crippen LogP contribution in [0, 0.1) is 0 Å². The summed E-state index contributed by atoms with van der Waals surface area (Å²) in [6, 6.07) is 11.4. The van der Waals surface area contributed by atoms with Gasteiger partial charge in [-0.15, -0.1) is 0 Å². The summed E-state index contributed by atoms with van der Waals surface area (Å²) in [5.41, 5.74) is 7.13. The number of nitrogens with one attached hydrogen (secondary N) is 1. The van der Waals surface area contributed by atoms with E-state index in [0.717, 1.165) is 28.2 Å². The van der Waals surface area contributed by atoms with E-state index in [9.17, 15) is 0 Å². The molecule has 0 saturated carbocycles. The van der Waals surface area contributed by atoms with Gasteiger partial charge in [0.2, 0.25) is 0 Å². The molecule has 3 rings (SSSR count). The predicted octanol–water partition coefficient (Wildman–Crippen LogP) is 2.91. The normalized spacial score (nSPS) is 10.7. The summed E-state index contributed by atoms with van der Waals surface area (Å²) in [6.07, 6.45) is 3.36. The summed E-state index contributed by atoms with van der Waals surface area (Å²) in [4.78, 5) is 4.33. The molecule has 0 unspecified atom stereocenters. The van der Waals surface area contributed by atoms with Crippen LogP contribution in [0.1, 0.15) is 0 Å². The van der Waals surface area contributed by atoms with Crippen LogP contribution in [0.2, 0.25) is 0 Å². The van der Waals surface area contributed by atoms with Gasteiger partial charge in [-0.25, -0.2) is 4.98 Å². The predicted molar refractivity (Wildman–Crippen MR) is 78.3 cm³/mol. The Bertz CT molecular complexity index is 709. The quantitative estimate of drug-likeness (QED) is 0.745. The van der Waals surface area contributed by atoms with Gasteiger partial charge in [0, 0.05) is 24.5 Å². The molecular weight excluding hydrogens is 254 g/mol. The summed E-state index contributed by atoms with van der Waals surface area (Å²) >= 11 is 0.